The summed E-state index contributed by atoms with van der Waals surface area (Å²) in [4.78, 5) is -0.259. The highest BCUT2D eigenvalue weighted by atomic mass is 79.9. The van der Waals surface area contributed by atoms with Crippen molar-refractivity contribution in [3.05, 3.63) is 22.4 Å². The Hall–Kier alpha value is -0.710. The second kappa shape index (κ2) is 5.82. The Bertz CT molecular complexity index is 761. The highest BCUT2D eigenvalue weighted by Gasteiger charge is 2.32. The molecule has 10 heteroatoms. The summed E-state index contributed by atoms with van der Waals surface area (Å²) in [6, 6.07) is 1.90. The summed E-state index contributed by atoms with van der Waals surface area (Å²) in [6.45, 7) is 2.48. The number of nitrogen functional groups attached to an aromatic ring is 1. The smallest absolute Gasteiger partial charge is 0.241 e. The maximum atomic E-state index is 13.2. The summed E-state index contributed by atoms with van der Waals surface area (Å²) in [6.07, 6.45) is 1.02. The lowest BCUT2D eigenvalue weighted by Gasteiger charge is -2.22. The van der Waals surface area contributed by atoms with Gasteiger partial charge in [0, 0.05) is 17.3 Å². The SMILES string of the molecule is CC(C)(CNS(=O)(=O)c1cc(N)c(F)cc1Br)S(C)(=O)=O. The van der Waals surface area contributed by atoms with Gasteiger partial charge in [-0.15, -0.1) is 0 Å². The molecule has 0 spiro atoms. The van der Waals surface area contributed by atoms with Crippen LogP contribution >= 0.6 is 15.9 Å². The number of hydrogen-bond acceptors (Lipinski definition) is 5. The molecule has 0 amide bonds. The molecule has 1 aromatic carbocycles. The first-order valence-corrected chi connectivity index (χ1v) is 9.88. The zero-order chi connectivity index (χ0) is 16.6. The van der Waals surface area contributed by atoms with E-state index in [1.165, 1.54) is 13.8 Å². The van der Waals surface area contributed by atoms with Gasteiger partial charge in [0.1, 0.15) is 5.82 Å². The Balaban J connectivity index is 3.12. The van der Waals surface area contributed by atoms with Gasteiger partial charge >= 0.3 is 0 Å². The molecule has 21 heavy (non-hydrogen) atoms. The van der Waals surface area contributed by atoms with Crippen LogP contribution in [0.1, 0.15) is 13.8 Å². The minimum Gasteiger partial charge on any atom is -0.396 e. The van der Waals surface area contributed by atoms with E-state index in [4.69, 9.17) is 5.73 Å². The first kappa shape index (κ1) is 18.3. The topological polar surface area (TPSA) is 106 Å². The summed E-state index contributed by atoms with van der Waals surface area (Å²) < 4.78 is 61.6. The maximum absolute atomic E-state index is 13.2. The number of sulfonamides is 1. The van der Waals surface area contributed by atoms with Crippen LogP contribution in [-0.4, -0.2) is 34.4 Å². The van der Waals surface area contributed by atoms with Crippen molar-refractivity contribution in [3.8, 4) is 0 Å². The van der Waals surface area contributed by atoms with Crippen molar-refractivity contribution in [2.45, 2.75) is 23.5 Å². The Kier molecular flexibility index (Phi) is 5.09. The number of hydrogen-bond donors (Lipinski definition) is 2. The summed E-state index contributed by atoms with van der Waals surface area (Å²) >= 11 is 2.94. The van der Waals surface area contributed by atoms with E-state index in [9.17, 15) is 21.2 Å². The fourth-order valence-electron chi connectivity index (χ4n) is 1.23. The quantitative estimate of drug-likeness (QED) is 0.721. The third-order valence-corrected chi connectivity index (χ3v) is 7.54. The molecule has 3 N–H and O–H groups in total. The second-order valence-electron chi connectivity index (χ2n) is 5.16. The molecular weight excluding hydrogens is 387 g/mol. The third-order valence-electron chi connectivity index (χ3n) is 3.03. The van der Waals surface area contributed by atoms with Crippen LogP contribution in [0.5, 0.6) is 0 Å². The van der Waals surface area contributed by atoms with Crippen LogP contribution < -0.4 is 10.5 Å². The minimum absolute atomic E-state index is 0.00105. The van der Waals surface area contributed by atoms with Gasteiger partial charge in [-0.25, -0.2) is 25.9 Å². The lowest BCUT2D eigenvalue weighted by Crippen LogP contribution is -2.43. The van der Waals surface area contributed by atoms with Crippen LogP contribution in [0, 0.1) is 5.82 Å². The monoisotopic (exact) mass is 402 g/mol. The molecule has 0 fully saturated rings. The molecule has 0 aliphatic heterocycles. The molecule has 6 nitrogen and oxygen atoms in total. The van der Waals surface area contributed by atoms with Crippen LogP contribution in [0.2, 0.25) is 0 Å². The molecule has 0 saturated carbocycles. The zero-order valence-corrected chi connectivity index (χ0v) is 14.9. The fraction of sp³-hybridized carbons (Fsp3) is 0.455. The minimum atomic E-state index is -4.03. The van der Waals surface area contributed by atoms with Gasteiger partial charge in [-0.2, -0.15) is 0 Å². The van der Waals surface area contributed by atoms with E-state index in [-0.39, 0.29) is 21.6 Å². The van der Waals surface area contributed by atoms with Crippen LogP contribution in [0.15, 0.2) is 21.5 Å². The van der Waals surface area contributed by atoms with Gasteiger partial charge in [0.15, 0.2) is 9.84 Å². The number of nitrogens with one attached hydrogen (secondary N) is 1. The first-order chi connectivity index (χ1) is 9.28. The maximum Gasteiger partial charge on any atom is 0.241 e. The lowest BCUT2D eigenvalue weighted by molar-refractivity contribution is 0.537. The van der Waals surface area contributed by atoms with E-state index in [0.29, 0.717) is 0 Å². The van der Waals surface area contributed by atoms with Gasteiger partial charge in [0.2, 0.25) is 10.0 Å². The van der Waals surface area contributed by atoms with Crippen molar-refractivity contribution in [2.24, 2.45) is 0 Å². The van der Waals surface area contributed by atoms with E-state index in [2.05, 4.69) is 20.7 Å². The number of halogens is 2. The van der Waals surface area contributed by atoms with E-state index in [0.717, 1.165) is 18.4 Å². The number of nitrogens with two attached hydrogens (primary N) is 1. The predicted molar refractivity (Wildman–Crippen MR) is 82.6 cm³/mol. The zero-order valence-electron chi connectivity index (χ0n) is 11.6. The summed E-state index contributed by atoms with van der Waals surface area (Å²) in [5.41, 5.74) is 5.03. The highest BCUT2D eigenvalue weighted by molar-refractivity contribution is 9.10. The molecule has 0 radical (unpaired) electrons. The molecule has 0 bridgehead atoms. The summed E-state index contributed by atoms with van der Waals surface area (Å²) in [5.74, 6) is -0.753. The van der Waals surface area contributed by atoms with Crippen LogP contribution in [0.25, 0.3) is 0 Å². The van der Waals surface area contributed by atoms with Crippen molar-refractivity contribution >= 4 is 41.5 Å². The standard InChI is InChI=1S/C11H16BrFN2O4S2/c1-11(2,20(3,16)17)6-15-21(18,19)10-5-9(14)8(13)4-7(10)12/h4-5,15H,6,14H2,1-3H3. The third kappa shape index (κ3) is 4.15. The second-order valence-corrected chi connectivity index (χ2v) is 10.4. The Labute approximate surface area is 132 Å². The van der Waals surface area contributed by atoms with Crippen molar-refractivity contribution in [3.63, 3.8) is 0 Å². The molecule has 0 saturated heterocycles. The Morgan fingerprint density at radius 1 is 1.29 bits per heavy atom. The van der Waals surface area contributed by atoms with Gasteiger partial charge < -0.3 is 5.73 Å². The van der Waals surface area contributed by atoms with E-state index in [1.54, 1.807) is 0 Å². The summed E-state index contributed by atoms with van der Waals surface area (Å²) in [7, 11) is -7.49. The molecular formula is C11H16BrFN2O4S2. The van der Waals surface area contributed by atoms with Gasteiger partial charge in [-0.3, -0.25) is 0 Å². The van der Waals surface area contributed by atoms with E-state index < -0.39 is 30.4 Å². The van der Waals surface area contributed by atoms with Crippen molar-refractivity contribution in [1.82, 2.24) is 4.72 Å². The number of anilines is 1. The van der Waals surface area contributed by atoms with E-state index >= 15 is 0 Å². The van der Waals surface area contributed by atoms with Gasteiger partial charge in [-0.1, -0.05) is 0 Å². The number of rotatable bonds is 5. The predicted octanol–water partition coefficient (Wildman–Crippen LogP) is 1.27. The lowest BCUT2D eigenvalue weighted by atomic mass is 10.2. The van der Waals surface area contributed by atoms with Crippen molar-refractivity contribution in [2.75, 3.05) is 18.5 Å². The molecule has 1 rings (SSSR count). The molecule has 120 valence electrons. The van der Waals surface area contributed by atoms with Crippen molar-refractivity contribution in [1.29, 1.82) is 0 Å². The number of benzene rings is 1. The van der Waals surface area contributed by atoms with Gasteiger partial charge in [0.25, 0.3) is 0 Å². The van der Waals surface area contributed by atoms with Crippen LogP contribution in [0.3, 0.4) is 0 Å². The van der Waals surface area contributed by atoms with Crippen molar-refractivity contribution < 1.29 is 21.2 Å². The first-order valence-electron chi connectivity index (χ1n) is 5.72. The number of sulfone groups is 1. The normalized spacial score (nSPS) is 13.4. The molecule has 0 unspecified atom stereocenters. The Morgan fingerprint density at radius 3 is 2.29 bits per heavy atom. The average molecular weight is 403 g/mol. The molecule has 0 aliphatic carbocycles. The van der Waals surface area contributed by atoms with Crippen LogP contribution in [0.4, 0.5) is 10.1 Å². The average Bonchev–Trinajstić information content (AvgIpc) is 2.30. The molecule has 0 aromatic heterocycles. The molecule has 1 aromatic rings. The summed E-state index contributed by atoms with van der Waals surface area (Å²) in [5, 5.41) is 0. The Morgan fingerprint density at radius 2 is 1.81 bits per heavy atom. The highest BCUT2D eigenvalue weighted by Crippen LogP contribution is 2.27. The van der Waals surface area contributed by atoms with Crippen LogP contribution in [-0.2, 0) is 19.9 Å². The molecule has 0 aliphatic rings. The van der Waals surface area contributed by atoms with E-state index in [1.807, 2.05) is 0 Å². The van der Waals surface area contributed by atoms with Gasteiger partial charge in [0.05, 0.1) is 15.3 Å². The molecule has 0 heterocycles. The fourth-order valence-corrected chi connectivity index (χ4v) is 3.91. The largest absolute Gasteiger partial charge is 0.396 e. The van der Waals surface area contributed by atoms with Gasteiger partial charge in [-0.05, 0) is 41.9 Å². The molecule has 0 atom stereocenters.